The monoisotopic (exact) mass is 404 g/mol. The van der Waals surface area contributed by atoms with Crippen LogP contribution in [0.15, 0.2) is 20.5 Å². The predicted octanol–water partition coefficient (Wildman–Crippen LogP) is 5.52. The molecule has 0 heterocycles. The lowest BCUT2D eigenvalue weighted by Crippen LogP contribution is -2.06. The van der Waals surface area contributed by atoms with E-state index in [0.717, 1.165) is 19.3 Å². The minimum absolute atomic E-state index is 0.216. The van der Waals surface area contributed by atoms with Gasteiger partial charge in [0, 0.05) is 0 Å². The summed E-state index contributed by atoms with van der Waals surface area (Å²) in [5, 5.41) is 26.1. The van der Waals surface area contributed by atoms with E-state index in [-0.39, 0.29) is 12.5 Å². The molecule has 0 aliphatic carbocycles. The van der Waals surface area contributed by atoms with Crippen molar-refractivity contribution in [1.29, 1.82) is 0 Å². The minimum Gasteiger partial charge on any atom is -0.462 e. The first-order valence-corrected chi connectivity index (χ1v) is 8.81. The second kappa shape index (κ2) is 18.9. The molecule has 0 bridgehead atoms. The van der Waals surface area contributed by atoms with E-state index in [1.54, 1.807) is 0 Å². The van der Waals surface area contributed by atoms with Gasteiger partial charge in [-0.3, -0.25) is 0 Å². The van der Waals surface area contributed by atoms with Crippen molar-refractivity contribution in [3.8, 4) is 0 Å². The normalized spacial score (nSPS) is 10.6. The largest absolute Gasteiger partial charge is 0.462 e. The van der Waals surface area contributed by atoms with E-state index in [4.69, 9.17) is 19.7 Å². The number of azo groups is 2. The number of carbonyl (C=O) groups is 4. The fourth-order valence-corrected chi connectivity index (χ4v) is 1.50. The maximum atomic E-state index is 11.1. The minimum atomic E-state index is -1.62. The van der Waals surface area contributed by atoms with Gasteiger partial charge in [-0.1, -0.05) is 73.3 Å². The Kier molecular flexibility index (Phi) is 18.4. The molecule has 0 rings (SSSR count). The van der Waals surface area contributed by atoms with E-state index in [1.165, 1.54) is 19.3 Å². The number of carboxylic acid groups (broad SMARTS) is 2. The molecule has 12 heteroatoms. The van der Waals surface area contributed by atoms with Crippen LogP contribution in [0.5, 0.6) is 0 Å². The molecule has 12 nitrogen and oxygen atoms in total. The molecular formula is C16H28N4O8. The quantitative estimate of drug-likeness (QED) is 0.372. The summed E-state index contributed by atoms with van der Waals surface area (Å²) < 4.78 is 9.54. The molecule has 0 aliphatic rings. The zero-order valence-electron chi connectivity index (χ0n) is 16.4. The molecule has 28 heavy (non-hydrogen) atoms. The molecule has 0 aliphatic heterocycles. The first-order chi connectivity index (χ1) is 13.2. The van der Waals surface area contributed by atoms with E-state index in [0.29, 0.717) is 6.61 Å². The lowest BCUT2D eigenvalue weighted by Gasteiger charge is -2.03. The van der Waals surface area contributed by atoms with Crippen LogP contribution in [0.3, 0.4) is 0 Å². The van der Waals surface area contributed by atoms with Gasteiger partial charge in [0.25, 0.3) is 0 Å². The van der Waals surface area contributed by atoms with Gasteiger partial charge in [-0.05, 0) is 12.3 Å². The standard InChI is InChI=1S/C14H26N2O4.C2H2N2O4/c1-4-5-6-7-8-9-10-19-13(17)15-16-14(18)20-11-12(2)3;5-1(6)3-4-2(7)8/h12H,4-11H2,1-3H3;(H,5,6)(H,7,8). The van der Waals surface area contributed by atoms with E-state index in [2.05, 4.69) is 27.4 Å². The molecule has 4 amide bonds. The highest BCUT2D eigenvalue weighted by atomic mass is 16.6. The summed E-state index contributed by atoms with van der Waals surface area (Å²) in [6.45, 7) is 6.53. The zero-order chi connectivity index (χ0) is 21.8. The van der Waals surface area contributed by atoms with Crippen LogP contribution in [-0.4, -0.2) is 47.8 Å². The van der Waals surface area contributed by atoms with Crippen LogP contribution in [0, 0.1) is 5.92 Å². The Balaban J connectivity index is 0. The van der Waals surface area contributed by atoms with Crippen LogP contribution in [-0.2, 0) is 9.47 Å². The van der Waals surface area contributed by atoms with Gasteiger partial charge < -0.3 is 19.7 Å². The van der Waals surface area contributed by atoms with Gasteiger partial charge >= 0.3 is 24.4 Å². The number of unbranched alkanes of at least 4 members (excludes halogenated alkanes) is 5. The second-order valence-corrected chi connectivity index (χ2v) is 5.82. The van der Waals surface area contributed by atoms with Crippen LogP contribution in [0.25, 0.3) is 0 Å². The summed E-state index contributed by atoms with van der Waals surface area (Å²) in [7, 11) is 0. The predicted molar refractivity (Wildman–Crippen MR) is 96.7 cm³/mol. The Labute approximate surface area is 163 Å². The lowest BCUT2D eigenvalue weighted by atomic mass is 10.1. The van der Waals surface area contributed by atoms with Crippen LogP contribution < -0.4 is 0 Å². The smallest absolute Gasteiger partial charge is 0.452 e. The maximum absolute atomic E-state index is 11.1. The van der Waals surface area contributed by atoms with E-state index in [9.17, 15) is 19.2 Å². The van der Waals surface area contributed by atoms with Gasteiger partial charge in [-0.2, -0.15) is 0 Å². The van der Waals surface area contributed by atoms with Crippen molar-refractivity contribution >= 4 is 24.4 Å². The van der Waals surface area contributed by atoms with E-state index in [1.807, 2.05) is 13.8 Å². The fraction of sp³-hybridized carbons (Fsp3) is 0.750. The van der Waals surface area contributed by atoms with Crippen molar-refractivity contribution in [2.45, 2.75) is 59.3 Å². The summed E-state index contributed by atoms with van der Waals surface area (Å²) in [5.41, 5.74) is 0. The third-order valence-corrected chi connectivity index (χ3v) is 2.70. The van der Waals surface area contributed by atoms with Crippen LogP contribution >= 0.6 is 0 Å². The number of carbonyl (C=O) groups excluding carboxylic acids is 2. The SMILES string of the molecule is CCCCCCCCOC(=O)N=NC(=O)OCC(C)C.O=C(O)N=NC(=O)O. The summed E-state index contributed by atoms with van der Waals surface area (Å²) in [6, 6.07) is 0. The molecule has 0 aromatic heterocycles. The Morgan fingerprint density at radius 2 is 1.21 bits per heavy atom. The number of hydrogen-bond acceptors (Lipinski definition) is 6. The molecule has 0 radical (unpaired) electrons. The first-order valence-electron chi connectivity index (χ1n) is 8.81. The third-order valence-electron chi connectivity index (χ3n) is 2.70. The second-order valence-electron chi connectivity index (χ2n) is 5.82. The average molecular weight is 404 g/mol. The molecule has 0 aromatic carbocycles. The number of rotatable bonds is 9. The van der Waals surface area contributed by atoms with Crippen molar-refractivity contribution in [2.24, 2.45) is 26.4 Å². The molecule has 2 N–H and O–H groups in total. The van der Waals surface area contributed by atoms with E-state index < -0.39 is 24.4 Å². The number of ether oxygens (including phenoxy) is 2. The molecule has 0 saturated heterocycles. The molecule has 160 valence electrons. The van der Waals surface area contributed by atoms with Gasteiger partial charge in [0.1, 0.15) is 0 Å². The molecule has 0 fully saturated rings. The number of hydrogen-bond donors (Lipinski definition) is 2. The lowest BCUT2D eigenvalue weighted by molar-refractivity contribution is 0.136. The van der Waals surface area contributed by atoms with Crippen molar-refractivity contribution < 1.29 is 38.9 Å². The topological polar surface area (TPSA) is 177 Å². The highest BCUT2D eigenvalue weighted by molar-refractivity contribution is 5.73. The van der Waals surface area contributed by atoms with Gasteiger partial charge in [0.2, 0.25) is 0 Å². The summed E-state index contributed by atoms with van der Waals surface area (Å²) in [4.78, 5) is 40.9. The molecule has 0 atom stereocenters. The highest BCUT2D eigenvalue weighted by Crippen LogP contribution is 2.05. The van der Waals surface area contributed by atoms with Crippen molar-refractivity contribution in [3.63, 3.8) is 0 Å². The van der Waals surface area contributed by atoms with Crippen LogP contribution in [0.4, 0.5) is 19.2 Å². The average Bonchev–Trinajstić information content (AvgIpc) is 2.62. The Morgan fingerprint density at radius 3 is 1.68 bits per heavy atom. The van der Waals surface area contributed by atoms with Crippen molar-refractivity contribution in [2.75, 3.05) is 13.2 Å². The summed E-state index contributed by atoms with van der Waals surface area (Å²) >= 11 is 0. The van der Waals surface area contributed by atoms with Gasteiger partial charge in [-0.15, -0.1) is 0 Å². The van der Waals surface area contributed by atoms with E-state index >= 15 is 0 Å². The summed E-state index contributed by atoms with van der Waals surface area (Å²) in [6.07, 6.45) is 1.70. The molecular weight excluding hydrogens is 376 g/mol. The van der Waals surface area contributed by atoms with Crippen LogP contribution in [0.1, 0.15) is 59.3 Å². The third kappa shape index (κ3) is 25.3. The Hall–Kier alpha value is -2.92. The number of amides is 4. The van der Waals surface area contributed by atoms with Crippen LogP contribution in [0.2, 0.25) is 0 Å². The highest BCUT2D eigenvalue weighted by Gasteiger charge is 2.05. The molecule has 0 unspecified atom stereocenters. The van der Waals surface area contributed by atoms with Gasteiger partial charge in [-0.25, -0.2) is 19.2 Å². The molecule has 0 aromatic rings. The molecule has 0 saturated carbocycles. The fourth-order valence-electron chi connectivity index (χ4n) is 1.50. The molecule has 0 spiro atoms. The maximum Gasteiger partial charge on any atom is 0.452 e. The Morgan fingerprint density at radius 1 is 0.750 bits per heavy atom. The first kappa shape index (κ1) is 27.3. The van der Waals surface area contributed by atoms with Crippen molar-refractivity contribution in [1.82, 2.24) is 0 Å². The van der Waals surface area contributed by atoms with Gasteiger partial charge in [0.05, 0.1) is 13.2 Å². The Bertz CT molecular complexity index is 519. The zero-order valence-corrected chi connectivity index (χ0v) is 16.4. The summed E-state index contributed by atoms with van der Waals surface area (Å²) in [5.74, 6) is 0.216. The van der Waals surface area contributed by atoms with Crippen molar-refractivity contribution in [3.05, 3.63) is 0 Å². The van der Waals surface area contributed by atoms with Gasteiger partial charge in [0.15, 0.2) is 0 Å². The number of nitrogens with zero attached hydrogens (tertiary/aromatic N) is 4.